The molecule has 0 aromatic rings. The molecule has 5 aliphatic carbocycles. The minimum atomic E-state index is -0.566. The minimum absolute atomic E-state index is 0.0398. The predicted molar refractivity (Wildman–Crippen MR) is 213 cm³/mol. The van der Waals surface area contributed by atoms with Gasteiger partial charge in [-0.15, -0.1) is 0 Å². The number of unbranched alkanes of at least 4 members (excludes halogenated alkanes) is 2. The molecule has 55 heavy (non-hydrogen) atoms. The number of carbonyl (C=O) groups excluding carboxylic acids is 1. The number of hydrogen-bond acceptors (Lipinski definition) is 8. The van der Waals surface area contributed by atoms with Crippen LogP contribution in [0.5, 0.6) is 0 Å². The van der Waals surface area contributed by atoms with Crippen molar-refractivity contribution in [3.8, 4) is 0 Å². The van der Waals surface area contributed by atoms with E-state index >= 15 is 0 Å². The van der Waals surface area contributed by atoms with Crippen LogP contribution < -0.4 is 0 Å². The molecule has 2 aliphatic heterocycles. The number of allylic oxidation sites excluding steroid dienone is 1. The van der Waals surface area contributed by atoms with Gasteiger partial charge in [-0.05, 0) is 116 Å². The Balaban J connectivity index is 0.843. The molecule has 0 spiro atoms. The zero-order valence-corrected chi connectivity index (χ0v) is 35.3. The van der Waals surface area contributed by atoms with E-state index in [2.05, 4.69) is 59.8 Å². The number of rotatable bonds is 18. The molecule has 4 saturated carbocycles. The van der Waals surface area contributed by atoms with Gasteiger partial charge in [-0.3, -0.25) is 10.1 Å². The van der Waals surface area contributed by atoms with Gasteiger partial charge in [0.05, 0.1) is 6.10 Å². The van der Waals surface area contributed by atoms with E-state index in [0.717, 1.165) is 67.6 Å². The highest BCUT2D eigenvalue weighted by Crippen LogP contribution is 2.67. The lowest BCUT2D eigenvalue weighted by Crippen LogP contribution is -2.51. The van der Waals surface area contributed by atoms with Crippen LogP contribution in [0.2, 0.25) is 0 Å². The fourth-order valence-electron chi connectivity index (χ4n) is 13.5. The Kier molecular flexibility index (Phi) is 13.9. The summed E-state index contributed by atoms with van der Waals surface area (Å²) in [5, 5.41) is 9.77. The average molecular weight is 769 g/mol. The SMILES string of the molecule is CCCCCC1C(/C=C/C2CC(C(CCCC(=O)O[C@H]3CC[C@@]4(C)C(=CC[C@H]5[C@@H]6CC[C@H]([C@H](C)CCCC(C)C)[C@@]6(C)CC[C@@H]54)C3)OO)OO2)[C@@H]2C[C@H]1OO2. The molecule has 312 valence electrons. The fraction of sp³-hybridized carbons (Fsp3) is 0.894. The third-order valence-electron chi connectivity index (χ3n) is 16.6. The second kappa shape index (κ2) is 18.3. The Hall–Kier alpha value is -1.29. The van der Waals surface area contributed by atoms with E-state index in [0.29, 0.717) is 42.9 Å². The Morgan fingerprint density at radius 1 is 0.909 bits per heavy atom. The van der Waals surface area contributed by atoms with Gasteiger partial charge in [-0.1, -0.05) is 104 Å². The molecule has 0 radical (unpaired) electrons. The minimum Gasteiger partial charge on any atom is -0.462 e. The first-order valence-electron chi connectivity index (χ1n) is 23.1. The zero-order chi connectivity index (χ0) is 38.7. The Bertz CT molecular complexity index is 1330. The van der Waals surface area contributed by atoms with Gasteiger partial charge in [0.1, 0.15) is 30.5 Å². The summed E-state index contributed by atoms with van der Waals surface area (Å²) in [4.78, 5) is 40.4. The van der Waals surface area contributed by atoms with Crippen LogP contribution in [0.1, 0.15) is 170 Å². The van der Waals surface area contributed by atoms with E-state index in [-0.39, 0.29) is 35.8 Å². The molecule has 8 heteroatoms. The fourth-order valence-corrected chi connectivity index (χ4v) is 13.5. The Morgan fingerprint density at radius 3 is 2.55 bits per heavy atom. The van der Waals surface area contributed by atoms with Gasteiger partial charge in [-0.2, -0.15) is 0 Å². The summed E-state index contributed by atoms with van der Waals surface area (Å²) in [6.45, 7) is 14.7. The molecular formula is C47H76O8. The molecule has 8 nitrogen and oxygen atoms in total. The molecular weight excluding hydrogens is 693 g/mol. The van der Waals surface area contributed by atoms with E-state index in [1.54, 1.807) is 5.57 Å². The van der Waals surface area contributed by atoms with Crippen LogP contribution in [-0.4, -0.2) is 47.9 Å². The molecule has 5 unspecified atom stereocenters. The summed E-state index contributed by atoms with van der Waals surface area (Å²) in [6.07, 6.45) is 27.6. The van der Waals surface area contributed by atoms with E-state index < -0.39 is 12.2 Å². The van der Waals surface area contributed by atoms with Crippen LogP contribution in [0.4, 0.5) is 0 Å². The van der Waals surface area contributed by atoms with Crippen LogP contribution in [0, 0.1) is 58.2 Å². The topological polar surface area (TPSA) is 92.7 Å². The first-order valence-corrected chi connectivity index (χ1v) is 23.1. The number of carbonyl (C=O) groups is 1. The molecule has 2 bridgehead atoms. The van der Waals surface area contributed by atoms with E-state index in [4.69, 9.17) is 29.2 Å². The second-order valence-electron chi connectivity index (χ2n) is 20.3. The number of esters is 1. The summed E-state index contributed by atoms with van der Waals surface area (Å²) in [5.74, 6) is 5.60. The van der Waals surface area contributed by atoms with Crippen LogP contribution in [-0.2, 0) is 34.0 Å². The highest BCUT2D eigenvalue weighted by Gasteiger charge is 2.59. The summed E-state index contributed by atoms with van der Waals surface area (Å²) in [7, 11) is 0. The molecule has 15 atom stereocenters. The van der Waals surface area contributed by atoms with Gasteiger partial charge in [0.2, 0.25) is 0 Å². The lowest BCUT2D eigenvalue weighted by molar-refractivity contribution is -0.349. The molecule has 0 aromatic heterocycles. The maximum atomic E-state index is 13.1. The van der Waals surface area contributed by atoms with Crippen molar-refractivity contribution < 1.29 is 39.2 Å². The molecule has 2 heterocycles. The molecule has 7 aliphatic rings. The normalized spacial score (nSPS) is 42.0. The molecule has 2 saturated heterocycles. The number of ether oxygens (including phenoxy) is 1. The van der Waals surface area contributed by atoms with Crippen molar-refractivity contribution in [2.45, 2.75) is 207 Å². The van der Waals surface area contributed by atoms with Gasteiger partial charge in [0.15, 0.2) is 0 Å². The smallest absolute Gasteiger partial charge is 0.306 e. The molecule has 7 rings (SSSR count). The van der Waals surface area contributed by atoms with Gasteiger partial charge in [0, 0.05) is 31.6 Å². The Morgan fingerprint density at radius 2 is 1.75 bits per heavy atom. The van der Waals surface area contributed by atoms with E-state index in [1.165, 1.54) is 70.6 Å². The highest BCUT2D eigenvalue weighted by molar-refractivity contribution is 5.69. The largest absolute Gasteiger partial charge is 0.462 e. The average Bonchev–Trinajstić information content (AvgIpc) is 3.97. The van der Waals surface area contributed by atoms with Crippen molar-refractivity contribution in [1.82, 2.24) is 0 Å². The molecule has 6 fully saturated rings. The number of fused-ring (bicyclic) bond motifs is 7. The standard InChI is InChI=1S/C47H76O8/c1-7-8-9-14-35-36(43-29-42(35)53-54-43)20-18-34-28-44(55-52-34)41(51-49)15-11-16-45(48)50-33-23-25-46(5)32(27-33)17-19-37-39-22-21-38(31(4)13-10-12-30(2)3)47(39,6)26-24-40(37)46/h17-18,20,30-31,33-44,49H,7-16,19,21-29H2,1-6H3/b20-18+/t31-,33+,34?,35?,36?,37+,38-,39+,40+,41?,42-,43+,44?,46+,47-/m1/s1. The van der Waals surface area contributed by atoms with Crippen molar-refractivity contribution in [2.75, 3.05) is 0 Å². The molecule has 0 amide bonds. The van der Waals surface area contributed by atoms with Gasteiger partial charge in [-0.25, -0.2) is 24.4 Å². The van der Waals surface area contributed by atoms with Crippen molar-refractivity contribution in [3.05, 3.63) is 23.8 Å². The summed E-state index contributed by atoms with van der Waals surface area (Å²) in [6, 6.07) is 0. The third-order valence-corrected chi connectivity index (χ3v) is 16.6. The first-order chi connectivity index (χ1) is 26.5. The Labute approximate surface area is 333 Å². The third kappa shape index (κ3) is 9.00. The predicted octanol–water partition coefficient (Wildman–Crippen LogP) is 11.5. The zero-order valence-electron chi connectivity index (χ0n) is 35.3. The van der Waals surface area contributed by atoms with Crippen LogP contribution in [0.3, 0.4) is 0 Å². The van der Waals surface area contributed by atoms with Gasteiger partial charge < -0.3 is 4.74 Å². The second-order valence-corrected chi connectivity index (χ2v) is 20.3. The maximum absolute atomic E-state index is 13.1. The monoisotopic (exact) mass is 769 g/mol. The summed E-state index contributed by atoms with van der Waals surface area (Å²) < 4.78 is 6.13. The van der Waals surface area contributed by atoms with Crippen molar-refractivity contribution in [2.24, 2.45) is 58.2 Å². The first kappa shape index (κ1) is 41.9. The molecule has 0 aromatic carbocycles. The maximum Gasteiger partial charge on any atom is 0.306 e. The van der Waals surface area contributed by atoms with Crippen LogP contribution in [0.25, 0.3) is 0 Å². The summed E-state index contributed by atoms with van der Waals surface area (Å²) >= 11 is 0. The highest BCUT2D eigenvalue weighted by atomic mass is 17.2. The number of hydrogen-bond donors (Lipinski definition) is 1. The summed E-state index contributed by atoms with van der Waals surface area (Å²) in [5.41, 5.74) is 2.30. The van der Waals surface area contributed by atoms with Gasteiger partial charge in [0.25, 0.3) is 0 Å². The van der Waals surface area contributed by atoms with Crippen molar-refractivity contribution in [1.29, 1.82) is 0 Å². The quantitative estimate of drug-likeness (QED) is 0.0484. The van der Waals surface area contributed by atoms with Crippen molar-refractivity contribution >= 4 is 5.97 Å². The lowest BCUT2D eigenvalue weighted by Gasteiger charge is -2.58. The van der Waals surface area contributed by atoms with Gasteiger partial charge >= 0.3 is 5.97 Å². The lowest BCUT2D eigenvalue weighted by atomic mass is 9.47. The van der Waals surface area contributed by atoms with Crippen molar-refractivity contribution in [3.63, 3.8) is 0 Å². The molecule has 1 N–H and O–H groups in total. The van der Waals surface area contributed by atoms with Crippen LogP contribution in [0.15, 0.2) is 23.8 Å². The van der Waals surface area contributed by atoms with Crippen LogP contribution >= 0.6 is 0 Å². The van der Waals surface area contributed by atoms with E-state index in [9.17, 15) is 10.1 Å². The van der Waals surface area contributed by atoms with E-state index in [1.807, 2.05) is 0 Å².